The van der Waals surface area contributed by atoms with Gasteiger partial charge >= 0.3 is 0 Å². The summed E-state index contributed by atoms with van der Waals surface area (Å²) in [5.41, 5.74) is 1.85. The second-order valence-electron chi connectivity index (χ2n) is 3.72. The molecule has 1 aromatic heterocycles. The van der Waals surface area contributed by atoms with Gasteiger partial charge in [-0.25, -0.2) is 4.98 Å². The SMILES string of the molecule is Cc1cccc(Cl)c1NC(=O)c1ncccc1Br. The molecule has 1 amide bonds. The Morgan fingerprint density at radius 1 is 1.33 bits per heavy atom. The van der Waals surface area contributed by atoms with Gasteiger partial charge in [0.05, 0.1) is 10.7 Å². The minimum absolute atomic E-state index is 0.293. The maximum Gasteiger partial charge on any atom is 0.275 e. The van der Waals surface area contributed by atoms with Crippen LogP contribution in [0.4, 0.5) is 5.69 Å². The lowest BCUT2D eigenvalue weighted by Crippen LogP contribution is -2.15. The van der Waals surface area contributed by atoms with E-state index in [-0.39, 0.29) is 5.91 Å². The first kappa shape index (κ1) is 13.1. The van der Waals surface area contributed by atoms with E-state index in [1.165, 1.54) is 0 Å². The van der Waals surface area contributed by atoms with Crippen LogP contribution in [-0.2, 0) is 0 Å². The lowest BCUT2D eigenvalue weighted by molar-refractivity contribution is 0.102. The molecule has 0 aliphatic heterocycles. The summed E-state index contributed by atoms with van der Waals surface area (Å²) in [5.74, 6) is -0.293. The summed E-state index contributed by atoms with van der Waals surface area (Å²) in [6.45, 7) is 1.88. The fourth-order valence-electron chi connectivity index (χ4n) is 1.52. The summed E-state index contributed by atoms with van der Waals surface area (Å²) >= 11 is 9.34. The molecule has 0 bridgehead atoms. The van der Waals surface area contributed by atoms with Crippen LogP contribution in [-0.4, -0.2) is 10.9 Å². The average Bonchev–Trinajstić information content (AvgIpc) is 2.34. The number of carbonyl (C=O) groups is 1. The van der Waals surface area contributed by atoms with E-state index >= 15 is 0 Å². The summed E-state index contributed by atoms with van der Waals surface area (Å²) in [5, 5.41) is 3.28. The second-order valence-corrected chi connectivity index (χ2v) is 4.98. The van der Waals surface area contributed by atoms with Crippen molar-refractivity contribution in [3.8, 4) is 0 Å². The number of pyridine rings is 1. The second kappa shape index (κ2) is 5.50. The number of carbonyl (C=O) groups excluding carboxylic acids is 1. The van der Waals surface area contributed by atoms with Crippen molar-refractivity contribution < 1.29 is 4.79 Å². The molecule has 2 rings (SSSR count). The Hall–Kier alpha value is -1.39. The number of para-hydroxylation sites is 1. The summed E-state index contributed by atoms with van der Waals surface area (Å²) in [6.07, 6.45) is 1.57. The molecule has 0 aliphatic carbocycles. The highest BCUT2D eigenvalue weighted by atomic mass is 79.9. The number of aryl methyl sites for hydroxylation is 1. The first-order valence-electron chi connectivity index (χ1n) is 5.26. The quantitative estimate of drug-likeness (QED) is 0.905. The molecule has 92 valence electrons. The van der Waals surface area contributed by atoms with Gasteiger partial charge in [0.25, 0.3) is 5.91 Å². The van der Waals surface area contributed by atoms with Crippen molar-refractivity contribution in [1.29, 1.82) is 0 Å². The zero-order valence-electron chi connectivity index (χ0n) is 9.58. The van der Waals surface area contributed by atoms with E-state index in [1.807, 2.05) is 19.1 Å². The standard InChI is InChI=1S/C13H10BrClN2O/c1-8-4-2-6-10(15)11(8)17-13(18)12-9(14)5-3-7-16-12/h2-7H,1H3,(H,17,18). The number of hydrogen-bond donors (Lipinski definition) is 1. The molecule has 1 heterocycles. The van der Waals surface area contributed by atoms with Crippen LogP contribution in [0.2, 0.25) is 5.02 Å². The molecular weight excluding hydrogens is 316 g/mol. The molecule has 0 fully saturated rings. The van der Waals surface area contributed by atoms with Crippen molar-refractivity contribution in [3.05, 3.63) is 57.3 Å². The molecule has 3 nitrogen and oxygen atoms in total. The minimum atomic E-state index is -0.293. The zero-order chi connectivity index (χ0) is 13.1. The average molecular weight is 326 g/mol. The van der Waals surface area contributed by atoms with Crippen LogP contribution in [0.5, 0.6) is 0 Å². The zero-order valence-corrected chi connectivity index (χ0v) is 11.9. The van der Waals surface area contributed by atoms with Gasteiger partial charge in [0, 0.05) is 10.7 Å². The van der Waals surface area contributed by atoms with E-state index in [9.17, 15) is 4.79 Å². The van der Waals surface area contributed by atoms with E-state index < -0.39 is 0 Å². The molecule has 2 aromatic rings. The smallest absolute Gasteiger partial charge is 0.275 e. The molecule has 0 saturated carbocycles. The third kappa shape index (κ3) is 2.71. The van der Waals surface area contributed by atoms with Gasteiger partial charge in [-0.05, 0) is 46.6 Å². The number of benzene rings is 1. The van der Waals surface area contributed by atoms with Crippen LogP contribution in [0.1, 0.15) is 16.1 Å². The van der Waals surface area contributed by atoms with Crippen LogP contribution >= 0.6 is 27.5 Å². The molecule has 0 atom stereocenters. The fourth-order valence-corrected chi connectivity index (χ4v) is 2.22. The van der Waals surface area contributed by atoms with Gasteiger partial charge in [-0.1, -0.05) is 23.7 Å². The Labute approximate surface area is 118 Å². The molecule has 0 radical (unpaired) electrons. The minimum Gasteiger partial charge on any atom is -0.319 e. The van der Waals surface area contributed by atoms with Gasteiger partial charge < -0.3 is 5.32 Å². The lowest BCUT2D eigenvalue weighted by atomic mass is 10.2. The maximum absolute atomic E-state index is 12.1. The molecule has 0 saturated heterocycles. The predicted octanol–water partition coefficient (Wildman–Crippen LogP) is 4.06. The summed E-state index contributed by atoms with van der Waals surface area (Å²) in [6, 6.07) is 8.97. The van der Waals surface area contributed by atoms with Gasteiger partial charge in [-0.15, -0.1) is 0 Å². The van der Waals surface area contributed by atoms with Crippen LogP contribution in [0.15, 0.2) is 41.0 Å². The van der Waals surface area contributed by atoms with Crippen LogP contribution in [0, 0.1) is 6.92 Å². The van der Waals surface area contributed by atoms with Crippen LogP contribution < -0.4 is 5.32 Å². The number of halogens is 2. The van der Waals surface area contributed by atoms with Crippen molar-refractivity contribution in [2.75, 3.05) is 5.32 Å². The van der Waals surface area contributed by atoms with Gasteiger partial charge in [-0.2, -0.15) is 0 Å². The predicted molar refractivity (Wildman–Crippen MR) is 76.1 cm³/mol. The highest BCUT2D eigenvalue weighted by Crippen LogP contribution is 2.26. The highest BCUT2D eigenvalue weighted by Gasteiger charge is 2.13. The van der Waals surface area contributed by atoms with Crippen molar-refractivity contribution in [2.24, 2.45) is 0 Å². The summed E-state index contributed by atoms with van der Waals surface area (Å²) in [4.78, 5) is 16.1. The number of nitrogens with zero attached hydrogens (tertiary/aromatic N) is 1. The van der Waals surface area contributed by atoms with Crippen molar-refractivity contribution in [2.45, 2.75) is 6.92 Å². The van der Waals surface area contributed by atoms with Crippen molar-refractivity contribution in [1.82, 2.24) is 4.98 Å². The topological polar surface area (TPSA) is 42.0 Å². The number of amides is 1. The Balaban J connectivity index is 2.30. The monoisotopic (exact) mass is 324 g/mol. The Kier molecular flexibility index (Phi) is 3.99. The fraction of sp³-hybridized carbons (Fsp3) is 0.0769. The van der Waals surface area contributed by atoms with Crippen LogP contribution in [0.25, 0.3) is 0 Å². The van der Waals surface area contributed by atoms with Gasteiger partial charge in [-0.3, -0.25) is 4.79 Å². The van der Waals surface area contributed by atoms with E-state index in [0.29, 0.717) is 20.9 Å². The third-order valence-corrected chi connectivity index (χ3v) is 3.39. The van der Waals surface area contributed by atoms with E-state index in [1.54, 1.807) is 24.4 Å². The van der Waals surface area contributed by atoms with E-state index in [2.05, 4.69) is 26.2 Å². The molecule has 5 heteroatoms. The molecule has 18 heavy (non-hydrogen) atoms. The van der Waals surface area contributed by atoms with E-state index in [0.717, 1.165) is 5.56 Å². The first-order valence-corrected chi connectivity index (χ1v) is 6.43. The van der Waals surface area contributed by atoms with Crippen molar-refractivity contribution >= 4 is 39.1 Å². The number of anilines is 1. The van der Waals surface area contributed by atoms with Gasteiger partial charge in [0.1, 0.15) is 5.69 Å². The normalized spacial score (nSPS) is 10.2. The van der Waals surface area contributed by atoms with Crippen molar-refractivity contribution in [3.63, 3.8) is 0 Å². The first-order chi connectivity index (χ1) is 8.59. The largest absolute Gasteiger partial charge is 0.319 e. The third-order valence-electron chi connectivity index (χ3n) is 2.43. The van der Waals surface area contributed by atoms with Gasteiger partial charge in [0.2, 0.25) is 0 Å². The Bertz CT molecular complexity index is 581. The van der Waals surface area contributed by atoms with Crippen LogP contribution in [0.3, 0.4) is 0 Å². The number of rotatable bonds is 2. The molecular formula is C13H10BrClN2O. The summed E-state index contributed by atoms with van der Waals surface area (Å²) < 4.78 is 0.646. The molecule has 0 unspecified atom stereocenters. The summed E-state index contributed by atoms with van der Waals surface area (Å²) in [7, 11) is 0. The number of hydrogen-bond acceptors (Lipinski definition) is 2. The number of nitrogens with one attached hydrogen (secondary N) is 1. The number of aromatic nitrogens is 1. The molecule has 0 spiro atoms. The Morgan fingerprint density at radius 2 is 2.11 bits per heavy atom. The maximum atomic E-state index is 12.1. The lowest BCUT2D eigenvalue weighted by Gasteiger charge is -2.10. The molecule has 1 aromatic carbocycles. The molecule has 0 aliphatic rings. The highest BCUT2D eigenvalue weighted by molar-refractivity contribution is 9.10. The van der Waals surface area contributed by atoms with E-state index in [4.69, 9.17) is 11.6 Å². The molecule has 1 N–H and O–H groups in total. The Morgan fingerprint density at radius 3 is 2.78 bits per heavy atom. The van der Waals surface area contributed by atoms with Gasteiger partial charge in [0.15, 0.2) is 0 Å².